The molecule has 4 heteroatoms. The molecule has 0 saturated carbocycles. The Bertz CT molecular complexity index is 402. The first kappa shape index (κ1) is 13.4. The van der Waals surface area contributed by atoms with E-state index in [1.807, 2.05) is 13.0 Å². The fraction of sp³-hybridized carbons (Fsp3) is 0.333. The second-order valence-electron chi connectivity index (χ2n) is 3.32. The maximum Gasteiger partial charge on any atom is 0.134 e. The van der Waals surface area contributed by atoms with Crippen LogP contribution >= 0.6 is 27.5 Å². The zero-order valence-corrected chi connectivity index (χ0v) is 11.9. The molecule has 0 aliphatic carbocycles. The summed E-state index contributed by atoms with van der Waals surface area (Å²) in [6.07, 6.45) is 0. The quantitative estimate of drug-likeness (QED) is 0.605. The van der Waals surface area contributed by atoms with E-state index in [4.69, 9.17) is 21.1 Å². The molecule has 1 aromatic rings. The van der Waals surface area contributed by atoms with Crippen LogP contribution in [0.2, 0.25) is 5.02 Å². The number of methoxy groups -OCH3 is 2. The first-order valence-electron chi connectivity index (χ1n) is 4.76. The van der Waals surface area contributed by atoms with Crippen LogP contribution in [0, 0.1) is 0 Å². The van der Waals surface area contributed by atoms with Gasteiger partial charge in [0.2, 0.25) is 0 Å². The number of hydrogen-bond donors (Lipinski definition) is 0. The van der Waals surface area contributed by atoms with Crippen molar-refractivity contribution in [1.82, 2.24) is 0 Å². The van der Waals surface area contributed by atoms with E-state index in [1.54, 1.807) is 20.3 Å². The highest BCUT2D eigenvalue weighted by atomic mass is 79.9. The number of benzene rings is 1. The van der Waals surface area contributed by atoms with E-state index < -0.39 is 0 Å². The molecule has 1 atom stereocenters. The fourth-order valence-electron chi connectivity index (χ4n) is 1.46. The van der Waals surface area contributed by atoms with E-state index in [-0.39, 0.29) is 4.83 Å². The molecule has 0 saturated heterocycles. The van der Waals surface area contributed by atoms with Gasteiger partial charge in [-0.05, 0) is 19.1 Å². The van der Waals surface area contributed by atoms with E-state index >= 15 is 0 Å². The van der Waals surface area contributed by atoms with Gasteiger partial charge in [0.1, 0.15) is 11.5 Å². The Kier molecular flexibility index (Phi) is 4.69. The third kappa shape index (κ3) is 2.71. The average molecular weight is 306 g/mol. The van der Waals surface area contributed by atoms with Crippen molar-refractivity contribution >= 4 is 33.3 Å². The van der Waals surface area contributed by atoms with E-state index in [2.05, 4.69) is 22.5 Å². The van der Waals surface area contributed by atoms with E-state index in [1.165, 1.54) is 0 Å². The Balaban J connectivity index is 3.41. The van der Waals surface area contributed by atoms with Gasteiger partial charge in [0.25, 0.3) is 0 Å². The first-order valence-corrected chi connectivity index (χ1v) is 6.05. The predicted octanol–water partition coefficient (Wildman–Crippen LogP) is 4.42. The second-order valence-corrected chi connectivity index (χ2v) is 5.13. The summed E-state index contributed by atoms with van der Waals surface area (Å²) in [5, 5.41) is 0.635. The van der Waals surface area contributed by atoms with E-state index in [0.29, 0.717) is 10.8 Å². The lowest BCUT2D eigenvalue weighted by atomic mass is 10.1. The molecule has 16 heavy (non-hydrogen) atoms. The molecule has 0 aromatic heterocycles. The molecular weight excluding hydrogens is 291 g/mol. The minimum atomic E-state index is 0.143. The molecule has 1 aromatic carbocycles. The van der Waals surface area contributed by atoms with Gasteiger partial charge in [0, 0.05) is 15.4 Å². The van der Waals surface area contributed by atoms with Crippen LogP contribution in [-0.4, -0.2) is 14.2 Å². The Hall–Kier alpha value is -0.670. The van der Waals surface area contributed by atoms with Crippen LogP contribution < -0.4 is 4.74 Å². The standard InChI is InChI=1S/C12H14BrClO2/c1-7(13)10-5-9(14)6-11(8(2)15-3)12(10)16-4/h5-7H,2H2,1,3-4H3. The number of hydrogen-bond acceptors (Lipinski definition) is 2. The van der Waals surface area contributed by atoms with Gasteiger partial charge in [0.05, 0.1) is 19.8 Å². The predicted molar refractivity (Wildman–Crippen MR) is 71.4 cm³/mol. The van der Waals surface area contributed by atoms with Gasteiger partial charge in [-0.2, -0.15) is 0 Å². The number of halogens is 2. The monoisotopic (exact) mass is 304 g/mol. The molecule has 1 unspecified atom stereocenters. The first-order chi connectivity index (χ1) is 7.51. The topological polar surface area (TPSA) is 18.5 Å². The molecule has 0 amide bonds. The van der Waals surface area contributed by atoms with Gasteiger partial charge in [0.15, 0.2) is 0 Å². The number of rotatable bonds is 4. The van der Waals surface area contributed by atoms with Crippen molar-refractivity contribution in [3.05, 3.63) is 34.9 Å². The molecular formula is C12H14BrClO2. The van der Waals surface area contributed by atoms with Gasteiger partial charge < -0.3 is 9.47 Å². The van der Waals surface area contributed by atoms with Crippen molar-refractivity contribution in [2.45, 2.75) is 11.8 Å². The Morgan fingerprint density at radius 1 is 1.44 bits per heavy atom. The third-order valence-corrected chi connectivity index (χ3v) is 2.97. The van der Waals surface area contributed by atoms with Gasteiger partial charge in [-0.3, -0.25) is 0 Å². The van der Waals surface area contributed by atoms with Crippen molar-refractivity contribution in [3.63, 3.8) is 0 Å². The van der Waals surface area contributed by atoms with Crippen LogP contribution in [0.1, 0.15) is 22.9 Å². The normalized spacial score (nSPS) is 12.1. The maximum absolute atomic E-state index is 6.05. The molecule has 0 N–H and O–H groups in total. The van der Waals surface area contributed by atoms with Crippen molar-refractivity contribution in [2.24, 2.45) is 0 Å². The minimum Gasteiger partial charge on any atom is -0.497 e. The molecule has 0 aliphatic heterocycles. The van der Waals surface area contributed by atoms with Crippen molar-refractivity contribution in [3.8, 4) is 5.75 Å². The number of alkyl halides is 1. The van der Waals surface area contributed by atoms with Gasteiger partial charge in [-0.1, -0.05) is 34.1 Å². The summed E-state index contributed by atoms with van der Waals surface area (Å²) < 4.78 is 10.5. The Morgan fingerprint density at radius 2 is 2.06 bits per heavy atom. The molecule has 0 aliphatic rings. The zero-order chi connectivity index (χ0) is 12.3. The van der Waals surface area contributed by atoms with Crippen LogP contribution in [0.15, 0.2) is 18.7 Å². The Labute approximate surface area is 109 Å². The SMILES string of the molecule is C=C(OC)c1cc(Cl)cc(C(C)Br)c1OC. The van der Waals surface area contributed by atoms with Crippen molar-refractivity contribution in [1.29, 1.82) is 0 Å². The molecule has 1 rings (SSSR count). The van der Waals surface area contributed by atoms with Gasteiger partial charge >= 0.3 is 0 Å². The summed E-state index contributed by atoms with van der Waals surface area (Å²) in [5.74, 6) is 1.27. The average Bonchev–Trinajstić information content (AvgIpc) is 2.26. The van der Waals surface area contributed by atoms with E-state index in [0.717, 1.165) is 16.9 Å². The highest BCUT2D eigenvalue weighted by Gasteiger charge is 2.16. The molecule has 0 heterocycles. The largest absolute Gasteiger partial charge is 0.497 e. The van der Waals surface area contributed by atoms with Gasteiger partial charge in [-0.15, -0.1) is 0 Å². The summed E-state index contributed by atoms with van der Waals surface area (Å²) in [6, 6.07) is 3.65. The van der Waals surface area contributed by atoms with Crippen LogP contribution in [0.4, 0.5) is 0 Å². The van der Waals surface area contributed by atoms with Crippen molar-refractivity contribution < 1.29 is 9.47 Å². The number of ether oxygens (including phenoxy) is 2. The van der Waals surface area contributed by atoms with Crippen LogP contribution in [-0.2, 0) is 4.74 Å². The minimum absolute atomic E-state index is 0.143. The summed E-state index contributed by atoms with van der Waals surface area (Å²) in [5.41, 5.74) is 1.75. The highest BCUT2D eigenvalue weighted by Crippen LogP contribution is 2.38. The molecule has 0 fully saturated rings. The van der Waals surface area contributed by atoms with Gasteiger partial charge in [-0.25, -0.2) is 0 Å². The maximum atomic E-state index is 6.05. The molecule has 0 radical (unpaired) electrons. The molecule has 0 bridgehead atoms. The summed E-state index contributed by atoms with van der Waals surface area (Å²) in [7, 11) is 3.19. The summed E-state index contributed by atoms with van der Waals surface area (Å²) >= 11 is 9.56. The smallest absolute Gasteiger partial charge is 0.134 e. The summed E-state index contributed by atoms with van der Waals surface area (Å²) in [4.78, 5) is 0.143. The summed E-state index contributed by atoms with van der Waals surface area (Å²) in [6.45, 7) is 5.82. The van der Waals surface area contributed by atoms with E-state index in [9.17, 15) is 0 Å². The van der Waals surface area contributed by atoms with Crippen molar-refractivity contribution in [2.75, 3.05) is 14.2 Å². The third-order valence-electron chi connectivity index (χ3n) is 2.26. The van der Waals surface area contributed by atoms with Crippen LogP contribution in [0.3, 0.4) is 0 Å². The fourth-order valence-corrected chi connectivity index (χ4v) is 2.02. The zero-order valence-electron chi connectivity index (χ0n) is 9.51. The van der Waals surface area contributed by atoms with Crippen LogP contribution in [0.25, 0.3) is 5.76 Å². The molecule has 2 nitrogen and oxygen atoms in total. The lowest BCUT2D eigenvalue weighted by Gasteiger charge is -2.16. The highest BCUT2D eigenvalue weighted by molar-refractivity contribution is 9.09. The lowest BCUT2D eigenvalue weighted by molar-refractivity contribution is 0.362. The van der Waals surface area contributed by atoms with Crippen LogP contribution in [0.5, 0.6) is 5.75 Å². The lowest BCUT2D eigenvalue weighted by Crippen LogP contribution is -1.98. The molecule has 88 valence electrons. The Morgan fingerprint density at radius 3 is 2.50 bits per heavy atom. The second kappa shape index (κ2) is 5.60. The molecule has 0 spiro atoms.